The summed E-state index contributed by atoms with van der Waals surface area (Å²) < 4.78 is 44.4. The second-order valence-electron chi connectivity index (χ2n) is 6.78. The fraction of sp³-hybridized carbons (Fsp3) is 0.136. The third-order valence-corrected chi connectivity index (χ3v) is 4.65. The molecule has 1 aliphatic rings. The minimum atomic E-state index is -4.48. The molecular formula is C22H16F3N3O3. The predicted molar refractivity (Wildman–Crippen MR) is 106 cm³/mol. The second kappa shape index (κ2) is 8.10. The maximum atomic E-state index is 13.4. The van der Waals surface area contributed by atoms with E-state index < -0.39 is 29.7 Å². The number of amides is 2. The number of nitrogens with one attached hydrogen (secondary N) is 1. The third-order valence-electron chi connectivity index (χ3n) is 4.65. The van der Waals surface area contributed by atoms with E-state index in [0.717, 1.165) is 24.3 Å². The van der Waals surface area contributed by atoms with E-state index in [1.165, 1.54) is 11.1 Å². The fourth-order valence-electron chi connectivity index (χ4n) is 3.19. The number of anilines is 2. The van der Waals surface area contributed by atoms with Crippen molar-refractivity contribution in [3.8, 4) is 5.75 Å². The molecule has 0 saturated carbocycles. The minimum absolute atomic E-state index is 0.0814. The van der Waals surface area contributed by atoms with Gasteiger partial charge in [0.05, 0.1) is 11.3 Å². The number of aromatic nitrogens is 1. The first-order valence-corrected chi connectivity index (χ1v) is 9.28. The van der Waals surface area contributed by atoms with Gasteiger partial charge in [0.25, 0.3) is 5.91 Å². The number of hydrogen-bond donors (Lipinski definition) is 1. The van der Waals surface area contributed by atoms with Crippen LogP contribution >= 0.6 is 0 Å². The van der Waals surface area contributed by atoms with E-state index in [1.54, 1.807) is 42.5 Å². The third kappa shape index (κ3) is 4.35. The molecule has 4 rings (SSSR count). The lowest BCUT2D eigenvalue weighted by atomic mass is 10.1. The molecular weight excluding hydrogens is 411 g/mol. The molecule has 0 bridgehead atoms. The number of carbonyl (C=O) groups excluding carboxylic acids is 2. The van der Waals surface area contributed by atoms with Crippen LogP contribution in [0.4, 0.5) is 24.7 Å². The van der Waals surface area contributed by atoms with Crippen LogP contribution in [0.5, 0.6) is 5.75 Å². The lowest BCUT2D eigenvalue weighted by Crippen LogP contribution is -2.45. The molecule has 2 amide bonds. The zero-order valence-corrected chi connectivity index (χ0v) is 16.0. The molecule has 3 aromatic rings. The van der Waals surface area contributed by atoms with Crippen LogP contribution in [-0.2, 0) is 15.8 Å². The average Bonchev–Trinajstić information content (AvgIpc) is 2.76. The van der Waals surface area contributed by atoms with Gasteiger partial charge in [-0.05, 0) is 36.4 Å². The van der Waals surface area contributed by atoms with Gasteiger partial charge in [-0.25, -0.2) is 4.98 Å². The van der Waals surface area contributed by atoms with Crippen molar-refractivity contribution in [3.05, 3.63) is 84.1 Å². The van der Waals surface area contributed by atoms with E-state index in [1.807, 2.05) is 0 Å². The number of alkyl halides is 3. The van der Waals surface area contributed by atoms with E-state index in [4.69, 9.17) is 4.74 Å². The number of halogens is 3. The van der Waals surface area contributed by atoms with Crippen LogP contribution in [0.2, 0.25) is 0 Å². The monoisotopic (exact) mass is 427 g/mol. The number of hydrogen-bond acceptors (Lipinski definition) is 4. The van der Waals surface area contributed by atoms with Gasteiger partial charge in [0.15, 0.2) is 5.82 Å². The average molecular weight is 427 g/mol. The normalized spacial score (nSPS) is 14.4. The molecule has 1 unspecified atom stereocenters. The summed E-state index contributed by atoms with van der Waals surface area (Å²) in [5, 5.41) is 2.65. The van der Waals surface area contributed by atoms with Gasteiger partial charge in [-0.1, -0.05) is 30.3 Å². The van der Waals surface area contributed by atoms with Gasteiger partial charge >= 0.3 is 6.18 Å². The van der Waals surface area contributed by atoms with Gasteiger partial charge in [0, 0.05) is 11.8 Å². The number of carbonyl (C=O) groups is 2. The molecule has 1 N–H and O–H groups in total. The summed E-state index contributed by atoms with van der Waals surface area (Å²) in [4.78, 5) is 30.9. The largest absolute Gasteiger partial charge is 0.476 e. The first-order chi connectivity index (χ1) is 14.8. The predicted octanol–water partition coefficient (Wildman–Crippen LogP) is 4.21. The number of pyridine rings is 1. The number of nitrogens with zero attached hydrogens (tertiary/aromatic N) is 2. The Bertz CT molecular complexity index is 1100. The molecule has 1 aromatic heterocycles. The van der Waals surface area contributed by atoms with Crippen LogP contribution in [0.3, 0.4) is 0 Å². The summed E-state index contributed by atoms with van der Waals surface area (Å²) in [6.45, 7) is -0.261. The first kappa shape index (κ1) is 20.4. The van der Waals surface area contributed by atoms with Crippen molar-refractivity contribution >= 4 is 23.3 Å². The van der Waals surface area contributed by atoms with Crippen molar-refractivity contribution < 1.29 is 27.5 Å². The first-order valence-electron chi connectivity index (χ1n) is 9.28. The minimum Gasteiger partial charge on any atom is -0.476 e. The van der Waals surface area contributed by atoms with E-state index in [-0.39, 0.29) is 18.1 Å². The van der Waals surface area contributed by atoms with E-state index in [2.05, 4.69) is 10.3 Å². The Morgan fingerprint density at radius 2 is 1.74 bits per heavy atom. The highest BCUT2D eigenvalue weighted by atomic mass is 19.4. The van der Waals surface area contributed by atoms with Crippen molar-refractivity contribution in [2.45, 2.75) is 12.3 Å². The van der Waals surface area contributed by atoms with Gasteiger partial charge in [-0.15, -0.1) is 0 Å². The summed E-state index contributed by atoms with van der Waals surface area (Å²) >= 11 is 0. The standard InChI is InChI=1S/C22H16F3N3O3/c23-22(24,25)15-8-10-16(11-9-15)31-19(14-5-2-1-3-6-14)21(30)28-13-18(29)27-17-7-4-12-26-20(17)28/h1-12,19H,13H2,(H,27,29). The highest BCUT2D eigenvalue weighted by molar-refractivity contribution is 6.10. The Morgan fingerprint density at radius 1 is 1.03 bits per heavy atom. The van der Waals surface area contributed by atoms with Crippen molar-refractivity contribution in [2.75, 3.05) is 16.8 Å². The van der Waals surface area contributed by atoms with Gasteiger partial charge in [-0.3, -0.25) is 14.5 Å². The number of fused-ring (bicyclic) bond motifs is 1. The Balaban J connectivity index is 1.68. The topological polar surface area (TPSA) is 71.5 Å². The molecule has 2 heterocycles. The van der Waals surface area contributed by atoms with E-state index >= 15 is 0 Å². The van der Waals surface area contributed by atoms with Crippen LogP contribution in [0.1, 0.15) is 17.2 Å². The van der Waals surface area contributed by atoms with Crippen molar-refractivity contribution in [1.82, 2.24) is 4.98 Å². The summed E-state index contributed by atoms with van der Waals surface area (Å²) in [6.07, 6.45) is -4.19. The maximum Gasteiger partial charge on any atom is 0.416 e. The molecule has 158 valence electrons. The molecule has 0 fully saturated rings. The molecule has 0 aliphatic carbocycles. The molecule has 2 aromatic carbocycles. The lowest BCUT2D eigenvalue weighted by molar-refractivity contribution is -0.137. The van der Waals surface area contributed by atoms with Crippen LogP contribution in [-0.4, -0.2) is 23.3 Å². The summed E-state index contributed by atoms with van der Waals surface area (Å²) in [7, 11) is 0. The Morgan fingerprint density at radius 3 is 2.42 bits per heavy atom. The van der Waals surface area contributed by atoms with Gasteiger partial charge in [0.2, 0.25) is 12.0 Å². The number of rotatable bonds is 4. The second-order valence-corrected chi connectivity index (χ2v) is 6.78. The highest BCUT2D eigenvalue weighted by Crippen LogP contribution is 2.33. The molecule has 31 heavy (non-hydrogen) atoms. The Hall–Kier alpha value is -3.88. The summed E-state index contributed by atoms with van der Waals surface area (Å²) in [5.41, 5.74) is 0.0394. The van der Waals surface area contributed by atoms with Gasteiger partial charge in [0.1, 0.15) is 12.3 Å². The quantitative estimate of drug-likeness (QED) is 0.677. The summed E-state index contributed by atoms with van der Waals surface area (Å²) in [5.74, 6) is -0.613. The van der Waals surface area contributed by atoms with Crippen LogP contribution in [0.15, 0.2) is 72.9 Å². The molecule has 1 aliphatic heterocycles. The summed E-state index contributed by atoms with van der Waals surface area (Å²) in [6, 6.07) is 15.8. The molecule has 1 atom stereocenters. The van der Waals surface area contributed by atoms with Crippen LogP contribution in [0.25, 0.3) is 0 Å². The molecule has 0 spiro atoms. The molecule has 0 saturated heterocycles. The van der Waals surface area contributed by atoms with Gasteiger partial charge in [-0.2, -0.15) is 13.2 Å². The Labute approximate surface area is 175 Å². The van der Waals surface area contributed by atoms with Crippen LogP contribution < -0.4 is 15.0 Å². The zero-order valence-electron chi connectivity index (χ0n) is 16.0. The molecule has 6 nitrogen and oxygen atoms in total. The SMILES string of the molecule is O=C1CN(C(=O)C(Oc2ccc(C(F)(F)F)cc2)c2ccccc2)c2ncccc2N1. The molecule has 9 heteroatoms. The lowest BCUT2D eigenvalue weighted by Gasteiger charge is -2.31. The van der Waals surface area contributed by atoms with E-state index in [0.29, 0.717) is 11.3 Å². The van der Waals surface area contributed by atoms with Crippen molar-refractivity contribution in [3.63, 3.8) is 0 Å². The molecule has 0 radical (unpaired) electrons. The van der Waals surface area contributed by atoms with Gasteiger partial charge < -0.3 is 10.1 Å². The maximum absolute atomic E-state index is 13.4. The van der Waals surface area contributed by atoms with Crippen molar-refractivity contribution in [1.29, 1.82) is 0 Å². The van der Waals surface area contributed by atoms with E-state index in [9.17, 15) is 22.8 Å². The number of benzene rings is 2. The van der Waals surface area contributed by atoms with Crippen molar-refractivity contribution in [2.24, 2.45) is 0 Å². The van der Waals surface area contributed by atoms with Crippen LogP contribution in [0, 0.1) is 0 Å². The smallest absolute Gasteiger partial charge is 0.416 e. The number of ether oxygens (including phenoxy) is 1. The highest BCUT2D eigenvalue weighted by Gasteiger charge is 2.35. The fourth-order valence-corrected chi connectivity index (χ4v) is 3.19. The zero-order chi connectivity index (χ0) is 22.0. The Kier molecular flexibility index (Phi) is 5.33.